The predicted octanol–water partition coefficient (Wildman–Crippen LogP) is 2.68. The van der Waals surface area contributed by atoms with Crippen LogP contribution in [0.2, 0.25) is 0 Å². The van der Waals surface area contributed by atoms with Gasteiger partial charge in [0.1, 0.15) is 6.04 Å². The summed E-state index contributed by atoms with van der Waals surface area (Å²) in [6.45, 7) is 0.316. The summed E-state index contributed by atoms with van der Waals surface area (Å²) in [5.41, 5.74) is 3.19. The van der Waals surface area contributed by atoms with E-state index in [1.54, 1.807) is 12.3 Å². The second-order valence-electron chi connectivity index (χ2n) is 8.41. The number of amides is 4. The molecule has 0 bridgehead atoms. The molecule has 3 heterocycles. The predicted molar refractivity (Wildman–Crippen MR) is 126 cm³/mol. The van der Waals surface area contributed by atoms with E-state index in [-0.39, 0.29) is 30.6 Å². The molecule has 5 rings (SSSR count). The number of benzene rings is 2. The highest BCUT2D eigenvalue weighted by atomic mass is 32.1. The molecule has 4 amide bonds. The highest BCUT2D eigenvalue weighted by molar-refractivity contribution is 7.15. The van der Waals surface area contributed by atoms with E-state index in [0.29, 0.717) is 29.2 Å². The summed E-state index contributed by atoms with van der Waals surface area (Å²) < 4.78 is 0. The molecule has 2 aliphatic rings. The van der Waals surface area contributed by atoms with Gasteiger partial charge >= 0.3 is 0 Å². The molecule has 1 unspecified atom stereocenters. The van der Waals surface area contributed by atoms with Crippen molar-refractivity contribution in [3.05, 3.63) is 81.9 Å². The van der Waals surface area contributed by atoms with Crippen molar-refractivity contribution in [3.63, 3.8) is 0 Å². The number of carbonyl (C=O) groups is 4. The molecule has 2 aromatic carbocycles. The first-order valence-corrected chi connectivity index (χ1v) is 11.8. The fraction of sp³-hybridized carbons (Fsp3) is 0.240. The first kappa shape index (κ1) is 22.0. The lowest BCUT2D eigenvalue weighted by molar-refractivity contribution is -0.137. The van der Waals surface area contributed by atoms with Crippen molar-refractivity contribution in [3.8, 4) is 0 Å². The number of anilines is 1. The Balaban J connectivity index is 1.21. The van der Waals surface area contributed by atoms with Gasteiger partial charge in [-0.15, -0.1) is 11.3 Å². The standard InChI is InChI=1S/C25H22N4O4S/c30-21-9-8-20(23(32)27-21)29-14-17-7-6-16(11-19(17)24(29)33)12-22(31)28-25-26-13-18(34-25)10-15-4-2-1-3-5-15/h1-7,11,13,20H,8-10,12,14H2,(H,26,28,31)(H,27,30,32). The van der Waals surface area contributed by atoms with E-state index >= 15 is 0 Å². The molecule has 3 aromatic rings. The van der Waals surface area contributed by atoms with Crippen LogP contribution in [-0.2, 0) is 33.8 Å². The fourth-order valence-corrected chi connectivity index (χ4v) is 5.17. The normalized spacial score (nSPS) is 17.5. The minimum absolute atomic E-state index is 0.104. The first-order valence-electron chi connectivity index (χ1n) is 11.0. The Hall–Kier alpha value is -3.85. The maximum absolute atomic E-state index is 13.0. The van der Waals surface area contributed by atoms with Crippen molar-refractivity contribution in [1.29, 1.82) is 0 Å². The number of hydrogen-bond acceptors (Lipinski definition) is 6. The summed E-state index contributed by atoms with van der Waals surface area (Å²) in [4.78, 5) is 56.0. The zero-order valence-electron chi connectivity index (χ0n) is 18.2. The summed E-state index contributed by atoms with van der Waals surface area (Å²) in [6, 6.07) is 14.8. The molecular weight excluding hydrogens is 452 g/mol. The Kier molecular flexibility index (Phi) is 5.93. The number of fused-ring (bicyclic) bond motifs is 1. The molecule has 1 saturated heterocycles. The lowest BCUT2D eigenvalue weighted by atomic mass is 10.0. The molecule has 1 fully saturated rings. The van der Waals surface area contributed by atoms with E-state index in [1.165, 1.54) is 21.8 Å². The lowest BCUT2D eigenvalue weighted by Crippen LogP contribution is -2.52. The lowest BCUT2D eigenvalue weighted by Gasteiger charge is -2.29. The Labute approximate surface area is 200 Å². The van der Waals surface area contributed by atoms with Gasteiger partial charge in [0.25, 0.3) is 5.91 Å². The van der Waals surface area contributed by atoms with Gasteiger partial charge in [-0.2, -0.15) is 0 Å². The van der Waals surface area contributed by atoms with Gasteiger partial charge in [0.2, 0.25) is 17.7 Å². The van der Waals surface area contributed by atoms with E-state index < -0.39 is 11.9 Å². The number of carbonyl (C=O) groups excluding carboxylic acids is 4. The number of nitrogens with one attached hydrogen (secondary N) is 2. The summed E-state index contributed by atoms with van der Waals surface area (Å²) >= 11 is 1.44. The number of hydrogen-bond donors (Lipinski definition) is 2. The molecule has 0 spiro atoms. The van der Waals surface area contributed by atoms with Gasteiger partial charge in [0.05, 0.1) is 6.42 Å². The molecule has 172 valence electrons. The summed E-state index contributed by atoms with van der Waals surface area (Å²) in [6.07, 6.45) is 3.16. The fourth-order valence-electron chi connectivity index (χ4n) is 4.30. The number of imide groups is 1. The number of nitrogens with zero attached hydrogens (tertiary/aromatic N) is 2. The van der Waals surface area contributed by atoms with E-state index in [9.17, 15) is 19.2 Å². The van der Waals surface area contributed by atoms with E-state index in [2.05, 4.69) is 27.8 Å². The van der Waals surface area contributed by atoms with Crippen LogP contribution in [0.4, 0.5) is 5.13 Å². The van der Waals surface area contributed by atoms with Gasteiger partial charge in [0.15, 0.2) is 5.13 Å². The topological polar surface area (TPSA) is 108 Å². The minimum atomic E-state index is -0.653. The maximum atomic E-state index is 13.0. The van der Waals surface area contributed by atoms with Crippen molar-refractivity contribution < 1.29 is 19.2 Å². The van der Waals surface area contributed by atoms with Crippen LogP contribution in [0.1, 0.15) is 44.8 Å². The number of rotatable bonds is 6. The molecule has 0 aliphatic carbocycles. The third kappa shape index (κ3) is 4.60. The summed E-state index contributed by atoms with van der Waals surface area (Å²) in [5.74, 6) is -1.22. The third-order valence-electron chi connectivity index (χ3n) is 5.98. The Bertz CT molecular complexity index is 1290. The molecule has 0 radical (unpaired) electrons. The smallest absolute Gasteiger partial charge is 0.255 e. The number of thiazole rings is 1. The van der Waals surface area contributed by atoms with Crippen LogP contribution in [0, 0.1) is 0 Å². The van der Waals surface area contributed by atoms with Crippen LogP contribution < -0.4 is 10.6 Å². The van der Waals surface area contributed by atoms with Crippen LogP contribution >= 0.6 is 11.3 Å². The van der Waals surface area contributed by atoms with Gasteiger partial charge in [-0.3, -0.25) is 24.5 Å². The second-order valence-corrected chi connectivity index (χ2v) is 9.53. The summed E-state index contributed by atoms with van der Waals surface area (Å²) in [5, 5.41) is 5.67. The molecule has 1 atom stereocenters. The average Bonchev–Trinajstić information content (AvgIpc) is 3.38. The third-order valence-corrected chi connectivity index (χ3v) is 6.89. The zero-order chi connectivity index (χ0) is 23.7. The van der Waals surface area contributed by atoms with Crippen LogP contribution in [0.15, 0.2) is 54.7 Å². The highest BCUT2D eigenvalue weighted by Crippen LogP contribution is 2.28. The van der Waals surface area contributed by atoms with Crippen LogP contribution in [0.5, 0.6) is 0 Å². The average molecular weight is 475 g/mol. The van der Waals surface area contributed by atoms with Crippen molar-refractivity contribution >= 4 is 40.1 Å². The van der Waals surface area contributed by atoms with Crippen LogP contribution in [-0.4, -0.2) is 39.6 Å². The largest absolute Gasteiger partial charge is 0.322 e. The number of piperidine rings is 1. The van der Waals surface area contributed by atoms with Gasteiger partial charge in [-0.25, -0.2) is 4.98 Å². The quantitative estimate of drug-likeness (QED) is 0.534. The van der Waals surface area contributed by atoms with Crippen molar-refractivity contribution in [2.75, 3.05) is 5.32 Å². The van der Waals surface area contributed by atoms with E-state index in [1.807, 2.05) is 30.3 Å². The molecule has 9 heteroatoms. The van der Waals surface area contributed by atoms with Gasteiger partial charge < -0.3 is 10.2 Å². The van der Waals surface area contributed by atoms with Crippen LogP contribution in [0.25, 0.3) is 0 Å². The first-order chi connectivity index (χ1) is 16.5. The Morgan fingerprint density at radius 1 is 1.12 bits per heavy atom. The molecule has 0 saturated carbocycles. The van der Waals surface area contributed by atoms with Gasteiger partial charge in [-0.05, 0) is 29.2 Å². The minimum Gasteiger partial charge on any atom is -0.322 e. The van der Waals surface area contributed by atoms with Gasteiger partial charge in [-0.1, -0.05) is 42.5 Å². The Morgan fingerprint density at radius 3 is 2.74 bits per heavy atom. The molecular formula is C25H22N4O4S. The number of aromatic nitrogens is 1. The monoisotopic (exact) mass is 474 g/mol. The SMILES string of the molecule is O=C1CCC(N2Cc3ccc(CC(=O)Nc4ncc(Cc5ccccc5)s4)cc3C2=O)C(=O)N1. The van der Waals surface area contributed by atoms with E-state index in [0.717, 1.165) is 16.9 Å². The summed E-state index contributed by atoms with van der Waals surface area (Å²) in [7, 11) is 0. The Morgan fingerprint density at radius 2 is 1.94 bits per heavy atom. The molecule has 1 aromatic heterocycles. The van der Waals surface area contributed by atoms with Crippen molar-refractivity contribution in [2.24, 2.45) is 0 Å². The highest BCUT2D eigenvalue weighted by Gasteiger charge is 2.39. The van der Waals surface area contributed by atoms with Crippen molar-refractivity contribution in [2.45, 2.75) is 38.3 Å². The van der Waals surface area contributed by atoms with Crippen molar-refractivity contribution in [1.82, 2.24) is 15.2 Å². The molecule has 34 heavy (non-hydrogen) atoms. The van der Waals surface area contributed by atoms with Crippen LogP contribution in [0.3, 0.4) is 0 Å². The second kappa shape index (κ2) is 9.18. The maximum Gasteiger partial charge on any atom is 0.255 e. The molecule has 8 nitrogen and oxygen atoms in total. The zero-order valence-corrected chi connectivity index (χ0v) is 19.1. The van der Waals surface area contributed by atoms with Gasteiger partial charge in [0, 0.05) is 36.0 Å². The molecule has 2 N–H and O–H groups in total. The molecule has 2 aliphatic heterocycles. The van der Waals surface area contributed by atoms with E-state index in [4.69, 9.17) is 0 Å².